The quantitative estimate of drug-likeness (QED) is 0.274. The first-order chi connectivity index (χ1) is 12.4. The third-order valence-electron chi connectivity index (χ3n) is 3.34. The minimum absolute atomic E-state index is 0.599. The van der Waals surface area contributed by atoms with E-state index in [2.05, 4.69) is 15.5 Å². The molecule has 0 bridgehead atoms. The van der Waals surface area contributed by atoms with Gasteiger partial charge in [0.2, 0.25) is 6.33 Å². The van der Waals surface area contributed by atoms with Crippen LogP contribution in [0.1, 0.15) is 0 Å². The molecule has 0 saturated heterocycles. The summed E-state index contributed by atoms with van der Waals surface area (Å²) >= 11 is 0. The van der Waals surface area contributed by atoms with Crippen LogP contribution in [0.2, 0.25) is 0 Å². The molecule has 0 aliphatic heterocycles. The lowest BCUT2D eigenvalue weighted by Gasteiger charge is -2.04. The molecule has 0 spiro atoms. The second-order valence-corrected chi connectivity index (χ2v) is 5.32. The maximum Gasteiger partial charge on any atom is 0.243 e. The topological polar surface area (TPSA) is 64.2 Å². The lowest BCUT2D eigenvalue weighted by Crippen LogP contribution is -2.34. The molecule has 1 aromatic rings. The highest BCUT2D eigenvalue weighted by Gasteiger charge is 2.03. The summed E-state index contributed by atoms with van der Waals surface area (Å²) in [6.45, 7) is 7.83. The molecule has 0 aliphatic rings. The van der Waals surface area contributed by atoms with Crippen LogP contribution in [-0.4, -0.2) is 84.9 Å². The summed E-state index contributed by atoms with van der Waals surface area (Å²) in [5, 5.41) is 0. The van der Waals surface area contributed by atoms with E-state index < -0.39 is 0 Å². The van der Waals surface area contributed by atoms with E-state index in [0.717, 1.165) is 13.1 Å². The van der Waals surface area contributed by atoms with E-state index in [4.69, 9.17) is 28.4 Å². The fourth-order valence-corrected chi connectivity index (χ4v) is 1.97. The van der Waals surface area contributed by atoms with E-state index in [9.17, 15) is 0 Å². The Morgan fingerprint density at radius 2 is 1.20 bits per heavy atom. The average molecular weight is 361 g/mol. The van der Waals surface area contributed by atoms with Crippen molar-refractivity contribution in [2.24, 2.45) is 0 Å². The van der Waals surface area contributed by atoms with Gasteiger partial charge in [-0.15, -0.1) is 0 Å². The summed E-state index contributed by atoms with van der Waals surface area (Å²) in [4.78, 5) is 0. The molecule has 0 saturated carbocycles. The first-order valence-electron chi connectivity index (χ1n) is 8.70. The van der Waals surface area contributed by atoms with Crippen molar-refractivity contribution >= 4 is 0 Å². The molecule has 0 aromatic carbocycles. The number of hydrogen-bond donors (Lipinski definition) is 0. The summed E-state index contributed by atoms with van der Waals surface area (Å²) in [5.41, 5.74) is 0. The Hall–Kier alpha value is -1.03. The Bertz CT molecular complexity index is 368. The first kappa shape index (κ1) is 22.0. The van der Waals surface area contributed by atoms with Crippen LogP contribution < -0.4 is 4.57 Å². The van der Waals surface area contributed by atoms with Crippen molar-refractivity contribution in [2.45, 2.75) is 13.1 Å². The number of methoxy groups -OCH3 is 2. The lowest BCUT2D eigenvalue weighted by atomic mass is 10.6. The summed E-state index contributed by atoms with van der Waals surface area (Å²) in [6, 6.07) is 0. The molecule has 8 heteroatoms. The maximum atomic E-state index is 5.54. The molecular formula is C17H33N2O6+. The summed E-state index contributed by atoms with van der Waals surface area (Å²) in [7, 11) is 3.32. The SMILES string of the molecule is COCCOCCOCCn1cc[n+](CCOCCOCCOC)c1. The van der Waals surface area contributed by atoms with Crippen molar-refractivity contribution in [1.82, 2.24) is 4.57 Å². The smallest absolute Gasteiger partial charge is 0.243 e. The van der Waals surface area contributed by atoms with E-state index in [1.165, 1.54) is 0 Å². The first-order valence-corrected chi connectivity index (χ1v) is 8.70. The molecule has 0 atom stereocenters. The van der Waals surface area contributed by atoms with Crippen molar-refractivity contribution in [3.63, 3.8) is 0 Å². The normalized spacial score (nSPS) is 11.3. The second-order valence-electron chi connectivity index (χ2n) is 5.32. The molecular weight excluding hydrogens is 328 g/mol. The molecule has 8 nitrogen and oxygen atoms in total. The van der Waals surface area contributed by atoms with E-state index >= 15 is 0 Å². The molecule has 0 N–H and O–H groups in total. The number of nitrogens with zero attached hydrogens (tertiary/aromatic N) is 2. The molecule has 0 aliphatic carbocycles. The van der Waals surface area contributed by atoms with Gasteiger partial charge in [0, 0.05) is 14.2 Å². The van der Waals surface area contributed by atoms with Gasteiger partial charge < -0.3 is 28.4 Å². The zero-order valence-electron chi connectivity index (χ0n) is 15.6. The number of aromatic nitrogens is 2. The third kappa shape index (κ3) is 12.9. The molecule has 0 fully saturated rings. The Morgan fingerprint density at radius 3 is 1.80 bits per heavy atom. The fourth-order valence-electron chi connectivity index (χ4n) is 1.97. The number of ether oxygens (including phenoxy) is 6. The zero-order chi connectivity index (χ0) is 18.0. The molecule has 146 valence electrons. The van der Waals surface area contributed by atoms with Crippen LogP contribution in [0.3, 0.4) is 0 Å². The van der Waals surface area contributed by atoms with Gasteiger partial charge in [0.25, 0.3) is 0 Å². The van der Waals surface area contributed by atoms with Gasteiger partial charge in [0.05, 0.1) is 66.1 Å². The van der Waals surface area contributed by atoms with Gasteiger partial charge in [-0.25, -0.2) is 9.13 Å². The van der Waals surface area contributed by atoms with Gasteiger partial charge in [-0.05, 0) is 0 Å². The molecule has 1 rings (SSSR count). The van der Waals surface area contributed by atoms with E-state index in [1.54, 1.807) is 14.2 Å². The van der Waals surface area contributed by atoms with Crippen molar-refractivity contribution in [3.05, 3.63) is 18.7 Å². The molecule has 0 unspecified atom stereocenters. The van der Waals surface area contributed by atoms with E-state index in [-0.39, 0.29) is 0 Å². The van der Waals surface area contributed by atoms with Gasteiger partial charge >= 0.3 is 0 Å². The zero-order valence-corrected chi connectivity index (χ0v) is 15.6. The predicted octanol–water partition coefficient (Wildman–Crippen LogP) is 0.135. The van der Waals surface area contributed by atoms with Gasteiger partial charge in [-0.1, -0.05) is 0 Å². The van der Waals surface area contributed by atoms with Crippen LogP contribution in [0.15, 0.2) is 18.7 Å². The predicted molar refractivity (Wildman–Crippen MR) is 91.7 cm³/mol. The van der Waals surface area contributed by atoms with E-state index in [1.807, 2.05) is 12.4 Å². The van der Waals surface area contributed by atoms with E-state index in [0.29, 0.717) is 66.1 Å². The summed E-state index contributed by atoms with van der Waals surface area (Å²) in [5.74, 6) is 0. The highest BCUT2D eigenvalue weighted by Crippen LogP contribution is 1.88. The summed E-state index contributed by atoms with van der Waals surface area (Å²) in [6.07, 6.45) is 6.12. The lowest BCUT2D eigenvalue weighted by molar-refractivity contribution is -0.698. The maximum absolute atomic E-state index is 5.54. The standard InChI is InChI=1S/C17H33N2O6/c1-20-9-11-24-15-13-22-7-5-18-3-4-19(17-18)6-8-23-14-16-25-12-10-21-2/h3-4,17H,5-16H2,1-2H3/q+1. The summed E-state index contributed by atoms with van der Waals surface area (Å²) < 4.78 is 35.7. The van der Waals surface area contributed by atoms with Gasteiger partial charge in [0.15, 0.2) is 0 Å². The van der Waals surface area contributed by atoms with Crippen molar-refractivity contribution in [2.75, 3.05) is 80.3 Å². The van der Waals surface area contributed by atoms with Crippen LogP contribution in [-0.2, 0) is 41.5 Å². The molecule has 25 heavy (non-hydrogen) atoms. The largest absolute Gasteiger partial charge is 0.382 e. The average Bonchev–Trinajstić information content (AvgIpc) is 3.07. The monoisotopic (exact) mass is 361 g/mol. The van der Waals surface area contributed by atoms with Crippen molar-refractivity contribution in [3.8, 4) is 0 Å². The Morgan fingerprint density at radius 1 is 0.680 bits per heavy atom. The third-order valence-corrected chi connectivity index (χ3v) is 3.34. The Labute approximate surface area is 150 Å². The minimum atomic E-state index is 0.599. The van der Waals surface area contributed by atoms with Gasteiger partial charge in [0.1, 0.15) is 25.5 Å². The minimum Gasteiger partial charge on any atom is -0.382 e. The highest BCUT2D eigenvalue weighted by molar-refractivity contribution is 4.65. The van der Waals surface area contributed by atoms with Crippen LogP contribution in [0, 0.1) is 0 Å². The number of hydrogen-bond acceptors (Lipinski definition) is 6. The number of imidazole rings is 1. The molecule has 1 aromatic heterocycles. The number of rotatable bonds is 18. The second kappa shape index (κ2) is 16.4. The fraction of sp³-hybridized carbons (Fsp3) is 0.824. The molecule has 1 heterocycles. The van der Waals surface area contributed by atoms with Gasteiger partial charge in [-0.3, -0.25) is 0 Å². The Kier molecular flexibility index (Phi) is 14.5. The van der Waals surface area contributed by atoms with Crippen LogP contribution in [0.25, 0.3) is 0 Å². The van der Waals surface area contributed by atoms with Crippen LogP contribution in [0.5, 0.6) is 0 Å². The molecule has 0 radical (unpaired) electrons. The van der Waals surface area contributed by atoms with Crippen molar-refractivity contribution < 1.29 is 33.0 Å². The Balaban J connectivity index is 1.93. The highest BCUT2D eigenvalue weighted by atomic mass is 16.5. The van der Waals surface area contributed by atoms with Crippen LogP contribution in [0.4, 0.5) is 0 Å². The van der Waals surface area contributed by atoms with Crippen LogP contribution >= 0.6 is 0 Å². The van der Waals surface area contributed by atoms with Crippen molar-refractivity contribution in [1.29, 1.82) is 0 Å². The van der Waals surface area contributed by atoms with Gasteiger partial charge in [-0.2, -0.15) is 0 Å². The molecule has 0 amide bonds.